The Morgan fingerprint density at radius 2 is 2.09 bits per heavy atom. The molecule has 0 atom stereocenters. The predicted molar refractivity (Wildman–Crippen MR) is 89.5 cm³/mol. The van der Waals surface area contributed by atoms with Crippen LogP contribution in [-0.4, -0.2) is 29.0 Å². The van der Waals surface area contributed by atoms with Crippen LogP contribution in [-0.2, 0) is 4.74 Å². The first kappa shape index (κ1) is 15.2. The van der Waals surface area contributed by atoms with Gasteiger partial charge in [-0.25, -0.2) is 9.78 Å². The number of rotatable bonds is 3. The zero-order valence-corrected chi connectivity index (χ0v) is 13.7. The van der Waals surface area contributed by atoms with E-state index in [0.717, 1.165) is 4.47 Å². The lowest BCUT2D eigenvalue weighted by Gasteiger charge is -2.05. The van der Waals surface area contributed by atoms with Crippen molar-refractivity contribution in [2.45, 2.75) is 0 Å². The molecule has 2 aromatic heterocycles. The molecule has 1 amide bonds. The molecule has 0 fully saturated rings. The van der Waals surface area contributed by atoms with E-state index in [4.69, 9.17) is 0 Å². The number of nitrogens with one attached hydrogen (secondary N) is 2. The molecule has 0 saturated heterocycles. The maximum atomic E-state index is 12.2. The summed E-state index contributed by atoms with van der Waals surface area (Å²) >= 11 is 3.33. The first-order valence-electron chi connectivity index (χ1n) is 6.71. The summed E-state index contributed by atoms with van der Waals surface area (Å²) in [7, 11) is 1.31. The van der Waals surface area contributed by atoms with Gasteiger partial charge in [0.15, 0.2) is 0 Å². The second kappa shape index (κ2) is 6.21. The van der Waals surface area contributed by atoms with Crippen LogP contribution in [0, 0.1) is 0 Å². The molecule has 0 unspecified atom stereocenters. The maximum Gasteiger partial charge on any atom is 0.354 e. The summed E-state index contributed by atoms with van der Waals surface area (Å²) in [5, 5.41) is 3.48. The molecule has 0 aliphatic carbocycles. The highest BCUT2D eigenvalue weighted by atomic mass is 79.9. The number of amides is 1. The van der Waals surface area contributed by atoms with E-state index in [0.29, 0.717) is 28.0 Å². The molecule has 116 valence electrons. The third kappa shape index (κ3) is 3.24. The van der Waals surface area contributed by atoms with E-state index in [2.05, 4.69) is 36.0 Å². The predicted octanol–water partition coefficient (Wildman–Crippen LogP) is 3.36. The van der Waals surface area contributed by atoms with Gasteiger partial charge in [-0.05, 0) is 30.3 Å². The maximum absolute atomic E-state index is 12.2. The van der Waals surface area contributed by atoms with Crippen LogP contribution >= 0.6 is 15.9 Å². The fraction of sp³-hybridized carbons (Fsp3) is 0.0625. The summed E-state index contributed by atoms with van der Waals surface area (Å²) in [4.78, 5) is 30.8. The number of pyridine rings is 1. The van der Waals surface area contributed by atoms with Gasteiger partial charge in [-0.15, -0.1) is 0 Å². The van der Waals surface area contributed by atoms with Gasteiger partial charge in [0.25, 0.3) is 5.91 Å². The highest BCUT2D eigenvalue weighted by Crippen LogP contribution is 2.19. The second-order valence-electron chi connectivity index (χ2n) is 4.80. The van der Waals surface area contributed by atoms with Gasteiger partial charge >= 0.3 is 5.97 Å². The molecule has 0 aliphatic heterocycles. The normalized spacial score (nSPS) is 10.5. The first-order valence-corrected chi connectivity index (χ1v) is 7.50. The Balaban J connectivity index is 1.85. The minimum Gasteiger partial charge on any atom is -0.464 e. The summed E-state index contributed by atoms with van der Waals surface area (Å²) in [6.45, 7) is 0. The number of carbonyl (C=O) groups is 2. The summed E-state index contributed by atoms with van der Waals surface area (Å²) in [6, 6.07) is 10.4. The van der Waals surface area contributed by atoms with Crippen LogP contribution in [0.2, 0.25) is 0 Å². The Labute approximate surface area is 140 Å². The van der Waals surface area contributed by atoms with Crippen LogP contribution < -0.4 is 5.32 Å². The fourth-order valence-electron chi connectivity index (χ4n) is 2.14. The number of methoxy groups -OCH3 is 1. The molecule has 3 aromatic rings. The van der Waals surface area contributed by atoms with Gasteiger partial charge < -0.3 is 15.0 Å². The van der Waals surface area contributed by atoms with Gasteiger partial charge in [0.1, 0.15) is 11.3 Å². The minimum absolute atomic E-state index is 0.240. The number of aromatic nitrogens is 2. The lowest BCUT2D eigenvalue weighted by atomic mass is 10.2. The molecule has 2 N–H and O–H groups in total. The lowest BCUT2D eigenvalue weighted by Crippen LogP contribution is -2.11. The minimum atomic E-state index is -0.470. The topological polar surface area (TPSA) is 84.1 Å². The van der Waals surface area contributed by atoms with Crippen molar-refractivity contribution in [1.29, 1.82) is 0 Å². The Bertz CT molecular complexity index is 904. The van der Waals surface area contributed by atoms with Crippen LogP contribution in [0.5, 0.6) is 0 Å². The zero-order valence-electron chi connectivity index (χ0n) is 12.1. The molecule has 0 spiro atoms. The van der Waals surface area contributed by atoms with Crippen molar-refractivity contribution < 1.29 is 14.3 Å². The Morgan fingerprint density at radius 1 is 1.26 bits per heavy atom. The average Bonchev–Trinajstić information content (AvgIpc) is 2.97. The number of carbonyl (C=O) groups excluding carboxylic acids is 2. The van der Waals surface area contributed by atoms with Gasteiger partial charge in [0, 0.05) is 15.4 Å². The summed E-state index contributed by atoms with van der Waals surface area (Å²) in [5.74, 6) is -0.709. The van der Waals surface area contributed by atoms with Crippen LogP contribution in [0.25, 0.3) is 11.0 Å². The molecular weight excluding hydrogens is 362 g/mol. The number of H-pyrrole nitrogens is 1. The first-order chi connectivity index (χ1) is 11.1. The number of hydrogen-bond acceptors (Lipinski definition) is 4. The van der Waals surface area contributed by atoms with E-state index < -0.39 is 5.97 Å². The molecule has 0 aliphatic rings. The lowest BCUT2D eigenvalue weighted by molar-refractivity contribution is 0.0595. The Kier molecular flexibility index (Phi) is 4.12. The van der Waals surface area contributed by atoms with E-state index in [1.165, 1.54) is 13.3 Å². The number of hydrogen-bond donors (Lipinski definition) is 2. The van der Waals surface area contributed by atoms with Crippen molar-refractivity contribution in [2.75, 3.05) is 12.4 Å². The third-order valence-corrected chi connectivity index (χ3v) is 3.71. The van der Waals surface area contributed by atoms with Gasteiger partial charge in [-0.3, -0.25) is 4.79 Å². The van der Waals surface area contributed by atoms with Gasteiger partial charge in [0.2, 0.25) is 0 Å². The molecule has 6 nitrogen and oxygen atoms in total. The van der Waals surface area contributed by atoms with Gasteiger partial charge in [-0.2, -0.15) is 0 Å². The largest absolute Gasteiger partial charge is 0.464 e. The Hall–Kier alpha value is -2.67. The molecule has 1 aromatic carbocycles. The Morgan fingerprint density at radius 3 is 2.83 bits per heavy atom. The van der Waals surface area contributed by atoms with Crippen LogP contribution in [0.15, 0.2) is 47.1 Å². The average molecular weight is 374 g/mol. The van der Waals surface area contributed by atoms with Crippen LogP contribution in [0.4, 0.5) is 5.69 Å². The third-order valence-electron chi connectivity index (χ3n) is 3.22. The van der Waals surface area contributed by atoms with Crippen molar-refractivity contribution in [1.82, 2.24) is 9.97 Å². The number of halogens is 1. The van der Waals surface area contributed by atoms with E-state index in [1.807, 2.05) is 6.07 Å². The summed E-state index contributed by atoms with van der Waals surface area (Å²) < 4.78 is 5.48. The highest BCUT2D eigenvalue weighted by molar-refractivity contribution is 9.10. The van der Waals surface area contributed by atoms with Crippen LogP contribution in [0.1, 0.15) is 20.8 Å². The van der Waals surface area contributed by atoms with E-state index in [-0.39, 0.29) is 5.91 Å². The van der Waals surface area contributed by atoms with Gasteiger partial charge in [0.05, 0.1) is 19.0 Å². The smallest absolute Gasteiger partial charge is 0.354 e. The fourth-order valence-corrected chi connectivity index (χ4v) is 2.54. The van der Waals surface area contributed by atoms with Crippen molar-refractivity contribution in [3.05, 3.63) is 58.3 Å². The summed E-state index contributed by atoms with van der Waals surface area (Å²) in [6.07, 6.45) is 1.52. The van der Waals surface area contributed by atoms with Crippen molar-refractivity contribution in [2.24, 2.45) is 0 Å². The quantitative estimate of drug-likeness (QED) is 0.689. The van der Waals surface area contributed by atoms with E-state index >= 15 is 0 Å². The molecule has 23 heavy (non-hydrogen) atoms. The molecule has 0 bridgehead atoms. The van der Waals surface area contributed by atoms with E-state index in [1.54, 1.807) is 30.3 Å². The number of anilines is 1. The molecule has 2 heterocycles. The standard InChI is InChI=1S/C16H12BrN3O3/c1-23-16(22)13-7-10-6-12(8-18-14(10)20-13)19-15(21)9-3-2-4-11(17)5-9/h2-8H,1H3,(H,18,20)(H,19,21). The SMILES string of the molecule is COC(=O)c1cc2cc(NC(=O)c3cccc(Br)c3)cnc2[nH]1. The number of aromatic amines is 1. The number of esters is 1. The van der Waals surface area contributed by atoms with E-state index in [9.17, 15) is 9.59 Å². The molecule has 3 rings (SSSR count). The summed E-state index contributed by atoms with van der Waals surface area (Å²) in [5.41, 5.74) is 1.93. The monoisotopic (exact) mass is 373 g/mol. The molecule has 0 saturated carbocycles. The van der Waals surface area contributed by atoms with Crippen molar-refractivity contribution in [3.63, 3.8) is 0 Å². The van der Waals surface area contributed by atoms with Crippen LogP contribution in [0.3, 0.4) is 0 Å². The molecular formula is C16H12BrN3O3. The van der Waals surface area contributed by atoms with Crippen molar-refractivity contribution >= 4 is 44.5 Å². The number of nitrogens with zero attached hydrogens (tertiary/aromatic N) is 1. The molecule has 0 radical (unpaired) electrons. The van der Waals surface area contributed by atoms with Crippen molar-refractivity contribution in [3.8, 4) is 0 Å². The highest BCUT2D eigenvalue weighted by Gasteiger charge is 2.12. The number of benzene rings is 1. The van der Waals surface area contributed by atoms with Gasteiger partial charge in [-0.1, -0.05) is 22.0 Å². The second-order valence-corrected chi connectivity index (χ2v) is 5.72. The number of ether oxygens (including phenoxy) is 1. The zero-order chi connectivity index (χ0) is 16.4. The molecule has 7 heteroatoms. The number of fused-ring (bicyclic) bond motifs is 1.